The zero-order chi connectivity index (χ0) is 15.7. The summed E-state index contributed by atoms with van der Waals surface area (Å²) in [4.78, 5) is 11.0. The minimum absolute atomic E-state index is 0.300. The molecule has 0 bridgehead atoms. The maximum absolute atomic E-state index is 6.22. The fraction of sp³-hybridized carbons (Fsp3) is 0.529. The van der Waals surface area contributed by atoms with Crippen molar-refractivity contribution in [3.8, 4) is 0 Å². The summed E-state index contributed by atoms with van der Waals surface area (Å²) in [5.41, 5.74) is 14.1. The Morgan fingerprint density at radius 1 is 1.05 bits per heavy atom. The Kier molecular flexibility index (Phi) is 3.81. The third kappa shape index (κ3) is 2.56. The Bertz CT molecular complexity index is 594. The number of guanidine groups is 2. The van der Waals surface area contributed by atoms with E-state index in [4.69, 9.17) is 16.5 Å². The molecule has 0 radical (unpaired) electrons. The van der Waals surface area contributed by atoms with Crippen molar-refractivity contribution >= 4 is 17.6 Å². The summed E-state index contributed by atoms with van der Waals surface area (Å²) in [5, 5.41) is 0. The fourth-order valence-corrected chi connectivity index (χ4v) is 3.50. The largest absolute Gasteiger partial charge is 0.369 e. The molecule has 118 valence electrons. The quantitative estimate of drug-likeness (QED) is 0.881. The minimum atomic E-state index is -0.354. The zero-order valence-corrected chi connectivity index (χ0v) is 13.4. The molecule has 1 aromatic rings. The van der Waals surface area contributed by atoms with Gasteiger partial charge in [-0.05, 0) is 49.3 Å². The normalized spacial score (nSPS) is 21.0. The standard InChI is InChI=1S/C17H25N5/c1-12(2)13-6-8-14(9-7-13)22-16(19)20-15(18)21-17(22)10-4-3-5-11-17/h6-9,12H,3-5,10-11H2,1-2H3,(H4,18,19,20,21). The lowest BCUT2D eigenvalue weighted by Crippen LogP contribution is -2.58. The molecular weight excluding hydrogens is 274 g/mol. The predicted octanol–water partition coefficient (Wildman–Crippen LogP) is 2.92. The molecule has 1 saturated carbocycles. The zero-order valence-electron chi connectivity index (χ0n) is 13.4. The smallest absolute Gasteiger partial charge is 0.220 e. The lowest BCUT2D eigenvalue weighted by Gasteiger charge is -2.45. The number of hydrogen-bond acceptors (Lipinski definition) is 5. The fourth-order valence-electron chi connectivity index (χ4n) is 3.50. The van der Waals surface area contributed by atoms with Crippen LogP contribution >= 0.6 is 0 Å². The average Bonchev–Trinajstić information content (AvgIpc) is 2.47. The van der Waals surface area contributed by atoms with Gasteiger partial charge in [0.25, 0.3) is 0 Å². The average molecular weight is 299 g/mol. The molecule has 5 nitrogen and oxygen atoms in total. The molecule has 1 aromatic carbocycles. The molecular formula is C17H25N5. The maximum atomic E-state index is 6.22. The van der Waals surface area contributed by atoms with Gasteiger partial charge in [-0.25, -0.2) is 4.99 Å². The monoisotopic (exact) mass is 299 g/mol. The van der Waals surface area contributed by atoms with E-state index in [0.29, 0.717) is 17.8 Å². The molecule has 1 aliphatic heterocycles. The van der Waals surface area contributed by atoms with Gasteiger partial charge in [-0.2, -0.15) is 4.99 Å². The van der Waals surface area contributed by atoms with Gasteiger partial charge < -0.3 is 11.5 Å². The summed E-state index contributed by atoms with van der Waals surface area (Å²) in [5.74, 6) is 1.26. The molecule has 0 unspecified atom stereocenters. The van der Waals surface area contributed by atoms with Crippen molar-refractivity contribution < 1.29 is 0 Å². The van der Waals surface area contributed by atoms with Crippen molar-refractivity contribution in [1.29, 1.82) is 0 Å². The number of anilines is 1. The SMILES string of the molecule is CC(C)c1ccc(N2C(N)=NC(N)=NC23CCCCC3)cc1. The van der Waals surface area contributed by atoms with E-state index in [9.17, 15) is 0 Å². The Morgan fingerprint density at radius 2 is 1.68 bits per heavy atom. The predicted molar refractivity (Wildman–Crippen MR) is 92.1 cm³/mol. The summed E-state index contributed by atoms with van der Waals surface area (Å²) >= 11 is 0. The molecule has 1 heterocycles. The molecule has 2 aliphatic rings. The van der Waals surface area contributed by atoms with E-state index in [1.54, 1.807) is 0 Å². The first kappa shape index (κ1) is 14.9. The van der Waals surface area contributed by atoms with E-state index < -0.39 is 0 Å². The van der Waals surface area contributed by atoms with Crippen molar-refractivity contribution in [3.63, 3.8) is 0 Å². The van der Waals surface area contributed by atoms with Crippen LogP contribution in [0.25, 0.3) is 0 Å². The topological polar surface area (TPSA) is 80.0 Å². The molecule has 0 atom stereocenters. The van der Waals surface area contributed by atoms with Crippen molar-refractivity contribution in [2.24, 2.45) is 21.5 Å². The molecule has 4 N–H and O–H groups in total. The van der Waals surface area contributed by atoms with Crippen molar-refractivity contribution in [2.45, 2.75) is 57.5 Å². The van der Waals surface area contributed by atoms with Gasteiger partial charge in [0, 0.05) is 5.69 Å². The first-order chi connectivity index (χ1) is 10.5. The van der Waals surface area contributed by atoms with E-state index in [-0.39, 0.29) is 5.66 Å². The van der Waals surface area contributed by atoms with E-state index in [2.05, 4.69) is 48.0 Å². The van der Waals surface area contributed by atoms with Gasteiger partial charge in [-0.15, -0.1) is 0 Å². The Morgan fingerprint density at radius 3 is 2.27 bits per heavy atom. The Labute approximate surface area is 132 Å². The second-order valence-electron chi connectivity index (χ2n) is 6.56. The molecule has 3 rings (SSSR count). The highest BCUT2D eigenvalue weighted by Crippen LogP contribution is 2.39. The van der Waals surface area contributed by atoms with Crippen LogP contribution in [0.1, 0.15) is 57.4 Å². The van der Waals surface area contributed by atoms with Crippen LogP contribution in [0.2, 0.25) is 0 Å². The summed E-state index contributed by atoms with van der Waals surface area (Å²) in [6.45, 7) is 4.39. The number of rotatable bonds is 2. The van der Waals surface area contributed by atoms with Crippen LogP contribution in [-0.2, 0) is 0 Å². The van der Waals surface area contributed by atoms with E-state index in [1.807, 2.05) is 0 Å². The number of aliphatic imine (C=N–C) groups is 2. The number of benzene rings is 1. The summed E-state index contributed by atoms with van der Waals surface area (Å²) in [7, 11) is 0. The van der Waals surface area contributed by atoms with Crippen molar-refractivity contribution in [2.75, 3.05) is 4.90 Å². The van der Waals surface area contributed by atoms with Gasteiger partial charge in [0.15, 0.2) is 0 Å². The van der Waals surface area contributed by atoms with Gasteiger partial charge >= 0.3 is 0 Å². The Hall–Kier alpha value is -2.04. The van der Waals surface area contributed by atoms with Crippen LogP contribution in [0.4, 0.5) is 5.69 Å². The highest BCUT2D eigenvalue weighted by molar-refractivity contribution is 6.05. The van der Waals surface area contributed by atoms with Crippen LogP contribution < -0.4 is 16.4 Å². The van der Waals surface area contributed by atoms with E-state index >= 15 is 0 Å². The van der Waals surface area contributed by atoms with Crippen molar-refractivity contribution in [1.82, 2.24) is 0 Å². The first-order valence-corrected chi connectivity index (χ1v) is 8.11. The van der Waals surface area contributed by atoms with Gasteiger partial charge in [0.2, 0.25) is 11.9 Å². The molecule has 0 saturated heterocycles. The van der Waals surface area contributed by atoms with Crippen molar-refractivity contribution in [3.05, 3.63) is 29.8 Å². The van der Waals surface area contributed by atoms with Crippen LogP contribution in [0.3, 0.4) is 0 Å². The van der Waals surface area contributed by atoms with Gasteiger partial charge in [0.05, 0.1) is 0 Å². The van der Waals surface area contributed by atoms with E-state index in [1.165, 1.54) is 12.0 Å². The van der Waals surface area contributed by atoms with Crippen LogP contribution in [0, 0.1) is 0 Å². The highest BCUT2D eigenvalue weighted by Gasteiger charge is 2.42. The van der Waals surface area contributed by atoms with E-state index in [0.717, 1.165) is 31.4 Å². The summed E-state index contributed by atoms with van der Waals surface area (Å²) in [6.07, 6.45) is 5.47. The molecule has 5 heteroatoms. The third-order valence-corrected chi connectivity index (χ3v) is 4.67. The van der Waals surface area contributed by atoms with Gasteiger partial charge in [-0.1, -0.05) is 32.4 Å². The lowest BCUT2D eigenvalue weighted by molar-refractivity contribution is 0.305. The second-order valence-corrected chi connectivity index (χ2v) is 6.56. The molecule has 1 aliphatic carbocycles. The molecule has 1 fully saturated rings. The number of hydrogen-bond donors (Lipinski definition) is 2. The van der Waals surface area contributed by atoms with Gasteiger partial charge in [-0.3, -0.25) is 4.90 Å². The Balaban J connectivity index is 2.00. The summed E-state index contributed by atoms with van der Waals surface area (Å²) in [6, 6.07) is 8.55. The number of nitrogens with zero attached hydrogens (tertiary/aromatic N) is 3. The van der Waals surface area contributed by atoms with Gasteiger partial charge in [0.1, 0.15) is 5.66 Å². The molecule has 0 aromatic heterocycles. The van der Waals surface area contributed by atoms with Crippen LogP contribution in [0.5, 0.6) is 0 Å². The number of nitrogens with two attached hydrogens (primary N) is 2. The maximum Gasteiger partial charge on any atom is 0.220 e. The van der Waals surface area contributed by atoms with Crippen LogP contribution in [-0.4, -0.2) is 17.6 Å². The highest BCUT2D eigenvalue weighted by atomic mass is 15.4. The van der Waals surface area contributed by atoms with Crippen LogP contribution in [0.15, 0.2) is 34.3 Å². The lowest BCUT2D eigenvalue weighted by atomic mass is 9.87. The molecule has 1 spiro atoms. The minimum Gasteiger partial charge on any atom is -0.369 e. The second kappa shape index (κ2) is 5.63. The molecule has 0 amide bonds. The first-order valence-electron chi connectivity index (χ1n) is 8.11. The third-order valence-electron chi connectivity index (χ3n) is 4.67. The summed E-state index contributed by atoms with van der Waals surface area (Å²) < 4.78 is 0. The molecule has 22 heavy (non-hydrogen) atoms.